The maximum Gasteiger partial charge on any atom is 0.166 e. The molecule has 0 saturated carbocycles. The van der Waals surface area contributed by atoms with Gasteiger partial charge in [0.25, 0.3) is 0 Å². The second-order valence-electron chi connectivity index (χ2n) is 5.42. The zero-order valence-corrected chi connectivity index (χ0v) is 15.2. The number of nitrogens with zero attached hydrogens (tertiary/aromatic N) is 1. The molecule has 2 aromatic carbocycles. The zero-order valence-electron chi connectivity index (χ0n) is 15.2. The maximum absolute atomic E-state index is 10.1. The van der Waals surface area contributed by atoms with E-state index in [4.69, 9.17) is 14.2 Å². The van der Waals surface area contributed by atoms with E-state index in [1.807, 2.05) is 45.0 Å². The van der Waals surface area contributed by atoms with Crippen LogP contribution < -0.4 is 14.2 Å². The monoisotopic (exact) mass is 343 g/mol. The van der Waals surface area contributed by atoms with E-state index >= 15 is 0 Å². The van der Waals surface area contributed by atoms with Crippen molar-refractivity contribution in [2.45, 2.75) is 26.8 Å². The molecule has 0 bridgehead atoms. The van der Waals surface area contributed by atoms with Gasteiger partial charge < -0.3 is 19.3 Å². The highest BCUT2D eigenvalue weighted by Crippen LogP contribution is 2.32. The van der Waals surface area contributed by atoms with Gasteiger partial charge in [-0.1, -0.05) is 12.1 Å². The Morgan fingerprint density at radius 1 is 1.04 bits per heavy atom. The van der Waals surface area contributed by atoms with Gasteiger partial charge in [-0.3, -0.25) is 4.99 Å². The van der Waals surface area contributed by atoms with Crippen molar-refractivity contribution in [3.05, 3.63) is 47.5 Å². The molecule has 1 atom stereocenters. The Morgan fingerprint density at radius 2 is 1.76 bits per heavy atom. The van der Waals surface area contributed by atoms with E-state index in [0.29, 0.717) is 30.3 Å². The van der Waals surface area contributed by atoms with Crippen LogP contribution in [0, 0.1) is 0 Å². The number of hydrogen-bond acceptors (Lipinski definition) is 5. The molecule has 25 heavy (non-hydrogen) atoms. The van der Waals surface area contributed by atoms with E-state index in [-0.39, 0.29) is 11.8 Å². The molecule has 2 rings (SSSR count). The number of benzene rings is 2. The molecule has 5 heteroatoms. The average molecular weight is 343 g/mol. The first kappa shape index (κ1) is 18.6. The van der Waals surface area contributed by atoms with Crippen molar-refractivity contribution in [1.29, 1.82) is 0 Å². The summed E-state index contributed by atoms with van der Waals surface area (Å²) < 4.78 is 16.4. The predicted molar refractivity (Wildman–Crippen MR) is 99.4 cm³/mol. The molecule has 0 saturated heterocycles. The van der Waals surface area contributed by atoms with Crippen molar-refractivity contribution in [3.63, 3.8) is 0 Å². The van der Waals surface area contributed by atoms with Crippen LogP contribution in [0.25, 0.3) is 0 Å². The summed E-state index contributed by atoms with van der Waals surface area (Å²) in [6.45, 7) is 7.02. The third-order valence-electron chi connectivity index (χ3n) is 3.74. The largest absolute Gasteiger partial charge is 0.504 e. The van der Waals surface area contributed by atoms with Gasteiger partial charge in [0.1, 0.15) is 0 Å². The van der Waals surface area contributed by atoms with Crippen LogP contribution in [0.5, 0.6) is 23.0 Å². The first-order valence-corrected chi connectivity index (χ1v) is 8.39. The number of methoxy groups -OCH3 is 1. The van der Waals surface area contributed by atoms with Crippen LogP contribution in [0.2, 0.25) is 0 Å². The first-order chi connectivity index (χ1) is 12.1. The van der Waals surface area contributed by atoms with E-state index in [0.717, 1.165) is 11.3 Å². The van der Waals surface area contributed by atoms with Gasteiger partial charge in [-0.25, -0.2) is 0 Å². The summed E-state index contributed by atoms with van der Waals surface area (Å²) in [5.74, 6) is 1.96. The Morgan fingerprint density at radius 3 is 2.44 bits per heavy atom. The van der Waals surface area contributed by atoms with E-state index in [1.54, 1.807) is 18.3 Å². The molecule has 2 aromatic rings. The molecule has 0 unspecified atom stereocenters. The van der Waals surface area contributed by atoms with Crippen LogP contribution in [0.1, 0.15) is 37.9 Å². The highest BCUT2D eigenvalue weighted by atomic mass is 16.5. The number of para-hydroxylation sites is 1. The Labute approximate surface area is 148 Å². The van der Waals surface area contributed by atoms with Crippen LogP contribution in [-0.4, -0.2) is 31.6 Å². The summed E-state index contributed by atoms with van der Waals surface area (Å²) in [5, 5.41) is 10.1. The molecule has 0 radical (unpaired) electrons. The summed E-state index contributed by atoms with van der Waals surface area (Å²) >= 11 is 0. The molecule has 0 aliphatic rings. The van der Waals surface area contributed by atoms with Gasteiger partial charge in [0, 0.05) is 11.8 Å². The third kappa shape index (κ3) is 4.66. The fourth-order valence-electron chi connectivity index (χ4n) is 2.41. The minimum atomic E-state index is -0.0968. The molecule has 0 spiro atoms. The summed E-state index contributed by atoms with van der Waals surface area (Å²) in [6.07, 6.45) is 1.65. The van der Waals surface area contributed by atoms with Gasteiger partial charge >= 0.3 is 0 Å². The molecule has 1 N–H and O–H groups in total. The summed E-state index contributed by atoms with van der Waals surface area (Å²) in [6, 6.07) is 11.0. The predicted octanol–water partition coefficient (Wildman–Crippen LogP) is 4.38. The number of ether oxygens (including phenoxy) is 3. The number of rotatable bonds is 8. The lowest BCUT2D eigenvalue weighted by atomic mass is 10.1. The Bertz CT molecular complexity index is 728. The van der Waals surface area contributed by atoms with Gasteiger partial charge in [-0.2, -0.15) is 0 Å². The molecule has 0 heterocycles. The molecular formula is C20H25NO4. The fraction of sp³-hybridized carbons (Fsp3) is 0.350. The Kier molecular flexibility index (Phi) is 6.69. The molecule has 0 fully saturated rings. The molecule has 0 aliphatic carbocycles. The number of aromatic hydroxyl groups is 1. The molecule has 5 nitrogen and oxygen atoms in total. The first-order valence-electron chi connectivity index (χ1n) is 8.39. The average Bonchev–Trinajstić information content (AvgIpc) is 2.62. The lowest BCUT2D eigenvalue weighted by Gasteiger charge is -2.14. The van der Waals surface area contributed by atoms with Crippen LogP contribution in [0.3, 0.4) is 0 Å². The van der Waals surface area contributed by atoms with Crippen molar-refractivity contribution >= 4 is 6.21 Å². The highest BCUT2D eigenvalue weighted by Gasteiger charge is 2.11. The van der Waals surface area contributed by atoms with E-state index in [2.05, 4.69) is 4.99 Å². The minimum Gasteiger partial charge on any atom is -0.504 e. The second-order valence-corrected chi connectivity index (χ2v) is 5.42. The fourth-order valence-corrected chi connectivity index (χ4v) is 2.41. The van der Waals surface area contributed by atoms with E-state index < -0.39 is 0 Å². The molecule has 134 valence electrons. The number of phenols is 1. The second kappa shape index (κ2) is 8.97. The summed E-state index contributed by atoms with van der Waals surface area (Å²) in [7, 11) is 1.52. The number of hydrogen-bond donors (Lipinski definition) is 1. The SMILES string of the molecule is CCOc1ccc([C@H](C)N=Cc2cccc(OC)c2O)cc1OCC. The topological polar surface area (TPSA) is 60.3 Å². The molecule has 0 amide bonds. The van der Waals surface area contributed by atoms with E-state index in [9.17, 15) is 5.11 Å². The van der Waals surface area contributed by atoms with Crippen LogP contribution in [-0.2, 0) is 0 Å². The summed E-state index contributed by atoms with van der Waals surface area (Å²) in [4.78, 5) is 4.54. The van der Waals surface area contributed by atoms with Gasteiger partial charge in [-0.05, 0) is 50.6 Å². The van der Waals surface area contributed by atoms with Crippen LogP contribution in [0.4, 0.5) is 0 Å². The normalized spacial score (nSPS) is 12.2. The van der Waals surface area contributed by atoms with E-state index in [1.165, 1.54) is 7.11 Å². The smallest absolute Gasteiger partial charge is 0.166 e. The van der Waals surface area contributed by atoms with Crippen molar-refractivity contribution in [2.75, 3.05) is 20.3 Å². The Hall–Kier alpha value is -2.69. The summed E-state index contributed by atoms with van der Waals surface area (Å²) in [5.41, 5.74) is 1.62. The van der Waals surface area contributed by atoms with Crippen LogP contribution in [0.15, 0.2) is 41.4 Å². The highest BCUT2D eigenvalue weighted by molar-refractivity contribution is 5.85. The zero-order chi connectivity index (χ0) is 18.2. The lowest BCUT2D eigenvalue weighted by Crippen LogP contribution is -2.00. The minimum absolute atomic E-state index is 0.0858. The standard InChI is InChI=1S/C20H25NO4/c1-5-24-17-11-10-15(12-19(17)25-6-2)14(3)21-13-16-8-7-9-18(23-4)20(16)22/h7-14,22H,5-6H2,1-4H3/t14-/m0/s1. The van der Waals surface area contributed by atoms with Crippen LogP contribution >= 0.6 is 0 Å². The number of phenolic OH excluding ortho intramolecular Hbond substituents is 1. The lowest BCUT2D eigenvalue weighted by molar-refractivity contribution is 0.287. The number of aliphatic imine (C=N–C) groups is 1. The van der Waals surface area contributed by atoms with Crippen molar-refractivity contribution in [2.24, 2.45) is 4.99 Å². The molecule has 0 aromatic heterocycles. The van der Waals surface area contributed by atoms with Gasteiger partial charge in [0.15, 0.2) is 23.0 Å². The van der Waals surface area contributed by atoms with Crippen molar-refractivity contribution in [3.8, 4) is 23.0 Å². The van der Waals surface area contributed by atoms with Crippen molar-refractivity contribution in [1.82, 2.24) is 0 Å². The van der Waals surface area contributed by atoms with Gasteiger partial charge in [0.05, 0.1) is 26.4 Å². The Balaban J connectivity index is 2.23. The van der Waals surface area contributed by atoms with Gasteiger partial charge in [0.2, 0.25) is 0 Å². The van der Waals surface area contributed by atoms with Gasteiger partial charge in [-0.15, -0.1) is 0 Å². The molecule has 0 aliphatic heterocycles. The van der Waals surface area contributed by atoms with Crippen molar-refractivity contribution < 1.29 is 19.3 Å². The quantitative estimate of drug-likeness (QED) is 0.723. The maximum atomic E-state index is 10.1. The third-order valence-corrected chi connectivity index (χ3v) is 3.74. The molecular weight excluding hydrogens is 318 g/mol.